The molecule has 256 valence electrons. The second-order valence-corrected chi connectivity index (χ2v) is 12.5. The highest BCUT2D eigenvalue weighted by molar-refractivity contribution is 6.04. The average Bonchev–Trinajstić information content (AvgIpc) is 3.38. The van der Waals surface area contributed by atoms with Gasteiger partial charge in [-0.15, -0.1) is 0 Å². The summed E-state index contributed by atoms with van der Waals surface area (Å²) in [7, 11) is 3.11. The number of aryl methyl sites for hydroxylation is 1. The number of hydrogen-bond donors (Lipinski definition) is 0. The van der Waals surface area contributed by atoms with Gasteiger partial charge in [-0.25, -0.2) is 0 Å². The first-order valence-electron chi connectivity index (χ1n) is 17.0. The van der Waals surface area contributed by atoms with Crippen molar-refractivity contribution in [2.45, 2.75) is 45.3 Å². The minimum atomic E-state index is -0.117. The Kier molecular flexibility index (Phi) is 9.51. The molecule has 0 saturated carbocycles. The summed E-state index contributed by atoms with van der Waals surface area (Å²) in [5, 5.41) is 0. The van der Waals surface area contributed by atoms with Crippen molar-refractivity contribution in [1.82, 2.24) is 9.80 Å². The van der Waals surface area contributed by atoms with Crippen LogP contribution in [0.4, 0.5) is 11.4 Å². The van der Waals surface area contributed by atoms with Crippen LogP contribution in [0.2, 0.25) is 0 Å². The molecule has 1 atom stereocenters. The monoisotopic (exact) mass is 672 g/mol. The van der Waals surface area contributed by atoms with Gasteiger partial charge < -0.3 is 28.7 Å². The molecule has 3 heterocycles. The fourth-order valence-corrected chi connectivity index (χ4v) is 6.74. The lowest BCUT2D eigenvalue weighted by Gasteiger charge is -2.34. The second-order valence-electron chi connectivity index (χ2n) is 12.5. The second kappa shape index (κ2) is 14.5. The smallest absolute Gasteiger partial charge is 0.257 e. The van der Waals surface area contributed by atoms with Crippen LogP contribution in [0.3, 0.4) is 0 Å². The zero-order chi connectivity index (χ0) is 34.6. The van der Waals surface area contributed by atoms with Gasteiger partial charge in [-0.1, -0.05) is 55.5 Å². The van der Waals surface area contributed by atoms with E-state index >= 15 is 0 Å². The fraction of sp³-hybridized carbons (Fsp3) is 0.300. The average molecular weight is 673 g/mol. The van der Waals surface area contributed by atoms with E-state index in [1.807, 2.05) is 35.4 Å². The quantitative estimate of drug-likeness (QED) is 0.163. The molecule has 10 nitrogen and oxygen atoms in total. The Morgan fingerprint density at radius 2 is 1.36 bits per heavy atom. The van der Waals surface area contributed by atoms with E-state index in [1.54, 1.807) is 49.6 Å². The molecule has 0 aliphatic carbocycles. The van der Waals surface area contributed by atoms with Gasteiger partial charge in [0.2, 0.25) is 0 Å². The number of nitrogens with zero attached hydrogens (tertiary/aromatic N) is 4. The van der Waals surface area contributed by atoms with Gasteiger partial charge in [0.05, 0.1) is 62.5 Å². The molecule has 0 unspecified atom stereocenters. The van der Waals surface area contributed by atoms with Gasteiger partial charge in [-0.05, 0) is 47.2 Å². The first-order valence-corrected chi connectivity index (χ1v) is 17.0. The molecule has 0 bridgehead atoms. The third kappa shape index (κ3) is 6.53. The molecule has 0 radical (unpaired) electrons. The van der Waals surface area contributed by atoms with E-state index in [4.69, 9.17) is 23.9 Å². The molecule has 4 aromatic carbocycles. The van der Waals surface area contributed by atoms with E-state index in [1.165, 1.54) is 11.1 Å². The molecule has 0 N–H and O–H groups in total. The molecule has 2 amide bonds. The summed E-state index contributed by atoms with van der Waals surface area (Å²) in [5.74, 6) is 1.73. The SMILES string of the molecule is CCc1ccccc1CN1CC=Nc2cc(OCCCOc3cc4c(cc3OC)C(=O)N3Cc5ccccc5C[C@H]3C=N4)c(OC)cc2C1=O. The number of ether oxygens (including phenoxy) is 4. The molecule has 4 aromatic rings. The van der Waals surface area contributed by atoms with Crippen LogP contribution in [0.1, 0.15) is 56.3 Å². The lowest BCUT2D eigenvalue weighted by Crippen LogP contribution is -2.44. The zero-order valence-corrected chi connectivity index (χ0v) is 28.6. The van der Waals surface area contributed by atoms with Gasteiger partial charge in [0.15, 0.2) is 23.0 Å². The number of fused-ring (bicyclic) bond motifs is 4. The van der Waals surface area contributed by atoms with Crippen LogP contribution in [-0.4, -0.2) is 74.1 Å². The normalized spacial score (nSPS) is 16.1. The predicted molar refractivity (Wildman–Crippen MR) is 192 cm³/mol. The van der Waals surface area contributed by atoms with Gasteiger partial charge in [0.25, 0.3) is 11.8 Å². The summed E-state index contributed by atoms with van der Waals surface area (Å²) in [6, 6.07) is 23.2. The topological polar surface area (TPSA) is 102 Å². The van der Waals surface area contributed by atoms with Crippen LogP contribution in [0.15, 0.2) is 82.8 Å². The Morgan fingerprint density at radius 3 is 2.04 bits per heavy atom. The maximum atomic E-state index is 13.7. The molecule has 0 saturated heterocycles. The van der Waals surface area contributed by atoms with E-state index in [9.17, 15) is 9.59 Å². The zero-order valence-electron chi connectivity index (χ0n) is 28.6. The molecule has 0 aromatic heterocycles. The molecule has 0 spiro atoms. The Hall–Kier alpha value is -5.64. The molecule has 0 fully saturated rings. The van der Waals surface area contributed by atoms with Crippen molar-refractivity contribution in [3.8, 4) is 23.0 Å². The van der Waals surface area contributed by atoms with E-state index in [0.717, 1.165) is 24.0 Å². The molecule has 3 aliphatic heterocycles. The minimum absolute atomic E-state index is 0.0782. The van der Waals surface area contributed by atoms with E-state index in [-0.39, 0.29) is 17.9 Å². The number of aliphatic imine (C=N–C) groups is 2. The standard InChI is InChI=1S/C40H40N4O6/c1-4-26-10-5-7-12-28(26)24-43-15-14-41-33-21-37(35(47-2)19-31(33)39(43)45)49-16-9-17-50-38-22-34-32(20-36(38)48-3)40(46)44-25-29-13-8-6-11-27(29)18-30(44)23-42-34/h5-8,10-14,19-23,30H,4,9,15-18,24-25H2,1-3H3/t30-/m0/s1. The van der Waals surface area contributed by atoms with Crippen molar-refractivity contribution < 1.29 is 28.5 Å². The van der Waals surface area contributed by atoms with Gasteiger partial charge in [0, 0.05) is 44.1 Å². The molecular weight excluding hydrogens is 632 g/mol. The van der Waals surface area contributed by atoms with Crippen LogP contribution in [-0.2, 0) is 25.9 Å². The largest absolute Gasteiger partial charge is 0.493 e. The summed E-state index contributed by atoms with van der Waals surface area (Å²) < 4.78 is 23.5. The highest BCUT2D eigenvalue weighted by Crippen LogP contribution is 2.39. The number of hydrogen-bond acceptors (Lipinski definition) is 8. The Balaban J connectivity index is 0.996. The Labute approximate surface area is 292 Å². The Morgan fingerprint density at radius 1 is 0.740 bits per heavy atom. The van der Waals surface area contributed by atoms with E-state index < -0.39 is 0 Å². The van der Waals surface area contributed by atoms with E-state index in [2.05, 4.69) is 36.2 Å². The number of benzene rings is 4. The summed E-state index contributed by atoms with van der Waals surface area (Å²) in [6.45, 7) is 4.21. The van der Waals surface area contributed by atoms with Gasteiger partial charge in [0.1, 0.15) is 0 Å². The van der Waals surface area contributed by atoms with Crippen molar-refractivity contribution >= 4 is 35.6 Å². The van der Waals surface area contributed by atoms with Gasteiger partial charge >= 0.3 is 0 Å². The number of rotatable bonds is 11. The van der Waals surface area contributed by atoms with Crippen molar-refractivity contribution in [3.05, 3.63) is 106 Å². The number of carbonyl (C=O) groups excluding carboxylic acids is 2. The van der Waals surface area contributed by atoms with Crippen LogP contribution in [0, 0.1) is 0 Å². The Bertz CT molecular complexity index is 1990. The van der Waals surface area contributed by atoms with Crippen molar-refractivity contribution in [1.29, 1.82) is 0 Å². The summed E-state index contributed by atoms with van der Waals surface area (Å²) in [6.07, 6.45) is 5.79. The molecule has 50 heavy (non-hydrogen) atoms. The molecule has 7 rings (SSSR count). The molecular formula is C40H40N4O6. The minimum Gasteiger partial charge on any atom is -0.493 e. The van der Waals surface area contributed by atoms with Crippen molar-refractivity contribution in [2.24, 2.45) is 9.98 Å². The van der Waals surface area contributed by atoms with Crippen LogP contribution in [0.25, 0.3) is 0 Å². The first-order chi connectivity index (χ1) is 24.5. The lowest BCUT2D eigenvalue weighted by molar-refractivity contribution is 0.0702. The highest BCUT2D eigenvalue weighted by Gasteiger charge is 2.33. The number of amides is 2. The third-order valence-corrected chi connectivity index (χ3v) is 9.44. The van der Waals surface area contributed by atoms with Crippen LogP contribution in [0.5, 0.6) is 23.0 Å². The van der Waals surface area contributed by atoms with Gasteiger partial charge in [-0.3, -0.25) is 19.6 Å². The first kappa shape index (κ1) is 32.9. The molecule has 10 heteroatoms. The fourth-order valence-electron chi connectivity index (χ4n) is 6.74. The van der Waals surface area contributed by atoms with Gasteiger partial charge in [-0.2, -0.15) is 0 Å². The van der Waals surface area contributed by atoms with Crippen LogP contribution >= 0.6 is 0 Å². The molecule has 3 aliphatic rings. The summed E-state index contributed by atoms with van der Waals surface area (Å²) >= 11 is 0. The predicted octanol–water partition coefficient (Wildman–Crippen LogP) is 6.76. The maximum absolute atomic E-state index is 13.7. The third-order valence-electron chi connectivity index (χ3n) is 9.44. The van der Waals surface area contributed by atoms with Crippen LogP contribution < -0.4 is 18.9 Å². The lowest BCUT2D eigenvalue weighted by atomic mass is 9.94. The number of methoxy groups -OCH3 is 2. The summed E-state index contributed by atoms with van der Waals surface area (Å²) in [5.41, 5.74) is 6.79. The maximum Gasteiger partial charge on any atom is 0.257 e. The summed E-state index contributed by atoms with van der Waals surface area (Å²) in [4.78, 5) is 40.3. The number of carbonyl (C=O) groups is 2. The van der Waals surface area contributed by atoms with E-state index in [0.29, 0.717) is 84.8 Å². The van der Waals surface area contributed by atoms with Crippen molar-refractivity contribution in [2.75, 3.05) is 34.0 Å². The van der Waals surface area contributed by atoms with Crippen molar-refractivity contribution in [3.63, 3.8) is 0 Å². The highest BCUT2D eigenvalue weighted by atomic mass is 16.5.